The molecular weight excluding hydrogens is 716 g/mol. The highest BCUT2D eigenvalue weighted by molar-refractivity contribution is 6.33. The highest BCUT2D eigenvalue weighted by Crippen LogP contribution is 2.31. The normalized spacial score (nSPS) is 16.5. The molecule has 16 nitrogen and oxygen atoms in total. The van der Waals surface area contributed by atoms with Gasteiger partial charge in [0.05, 0.1) is 22.7 Å². The van der Waals surface area contributed by atoms with Crippen molar-refractivity contribution in [1.29, 1.82) is 0 Å². The third-order valence-corrected chi connectivity index (χ3v) is 10.6. The summed E-state index contributed by atoms with van der Waals surface area (Å²) in [5.74, 6) is 0.364. The molecule has 3 N–H and O–H groups in total. The van der Waals surface area contributed by atoms with Crippen LogP contribution in [0.2, 0.25) is 5.02 Å². The molecule has 2 fully saturated rings. The summed E-state index contributed by atoms with van der Waals surface area (Å²) in [4.78, 5) is 75.6. The summed E-state index contributed by atoms with van der Waals surface area (Å²) in [6.07, 6.45) is 3.90. The maximum atomic E-state index is 13.2. The van der Waals surface area contributed by atoms with Crippen molar-refractivity contribution < 1.29 is 19.1 Å². The number of benzene rings is 2. The van der Waals surface area contributed by atoms with Crippen LogP contribution in [0.25, 0.3) is 21.9 Å². The fourth-order valence-electron chi connectivity index (χ4n) is 7.21. The molecule has 0 saturated carbocycles. The van der Waals surface area contributed by atoms with Crippen molar-refractivity contribution in [3.05, 3.63) is 74.5 Å². The van der Waals surface area contributed by atoms with Crippen molar-refractivity contribution >= 4 is 74.4 Å². The highest BCUT2D eigenvalue weighted by Gasteiger charge is 2.31. The number of fused-ring (bicyclic) bond motifs is 2. The molecule has 3 aromatic heterocycles. The van der Waals surface area contributed by atoms with E-state index in [2.05, 4.69) is 30.7 Å². The summed E-state index contributed by atoms with van der Waals surface area (Å²) in [5.41, 5.74) is 3.08. The highest BCUT2D eigenvalue weighted by atomic mass is 35.5. The molecule has 0 aliphatic carbocycles. The molecule has 2 aromatic carbocycles. The van der Waals surface area contributed by atoms with Crippen LogP contribution in [0.5, 0.6) is 5.75 Å². The van der Waals surface area contributed by atoms with Gasteiger partial charge in [0.2, 0.25) is 17.8 Å². The first-order valence-corrected chi connectivity index (χ1v) is 18.1. The lowest BCUT2D eigenvalue weighted by Crippen LogP contribution is -2.44. The van der Waals surface area contributed by atoms with Crippen molar-refractivity contribution in [3.63, 3.8) is 0 Å². The Hall–Kier alpha value is -5.90. The van der Waals surface area contributed by atoms with E-state index >= 15 is 0 Å². The molecule has 2 aliphatic heterocycles. The quantitative estimate of drug-likeness (QED) is 0.179. The second-order valence-electron chi connectivity index (χ2n) is 13.8. The number of hydrogen-bond donors (Lipinski definition) is 3. The number of likely N-dealkylation sites (N-methyl/N-ethyl adjacent to an activating group) is 1. The minimum Gasteiger partial charge on any atom is -0.478 e. The maximum Gasteiger partial charge on any atom is 0.329 e. The fourth-order valence-corrected chi connectivity index (χ4v) is 7.35. The zero-order chi connectivity index (χ0) is 38.3. The van der Waals surface area contributed by atoms with Crippen molar-refractivity contribution in [3.8, 4) is 5.75 Å². The number of carbonyl (C=O) groups excluding carboxylic acids is 3. The van der Waals surface area contributed by atoms with Gasteiger partial charge in [0.1, 0.15) is 11.1 Å². The van der Waals surface area contributed by atoms with E-state index in [0.29, 0.717) is 39.4 Å². The largest absolute Gasteiger partial charge is 0.478 e. The number of hydrogen-bond acceptors (Lipinski definition) is 11. The van der Waals surface area contributed by atoms with Gasteiger partial charge in [0.25, 0.3) is 11.5 Å². The molecule has 0 radical (unpaired) electrons. The Morgan fingerprint density at radius 2 is 1.76 bits per heavy atom. The molecule has 17 heteroatoms. The Morgan fingerprint density at radius 1 is 1.00 bits per heavy atom. The lowest BCUT2D eigenvalue weighted by atomic mass is 9.96. The topological polar surface area (TPSA) is 178 Å². The summed E-state index contributed by atoms with van der Waals surface area (Å²) < 4.78 is 10.0. The van der Waals surface area contributed by atoms with Crippen LogP contribution in [0.15, 0.2) is 58.3 Å². The molecule has 7 rings (SSSR count). The number of ether oxygens (including phenoxy) is 1. The molecule has 54 heavy (non-hydrogen) atoms. The summed E-state index contributed by atoms with van der Waals surface area (Å²) in [7, 11) is 6.88. The number of aryl methyl sites for hydroxylation is 2. The number of nitrogens with one attached hydrogen (secondary N) is 3. The number of halogens is 1. The van der Waals surface area contributed by atoms with Crippen LogP contribution in [0.4, 0.5) is 23.1 Å². The number of imide groups is 1. The van der Waals surface area contributed by atoms with E-state index in [1.165, 1.54) is 16.2 Å². The van der Waals surface area contributed by atoms with Crippen molar-refractivity contribution in [2.45, 2.75) is 31.7 Å². The van der Waals surface area contributed by atoms with Crippen LogP contribution in [-0.4, -0.2) is 81.7 Å². The first-order chi connectivity index (χ1) is 25.9. The minimum atomic E-state index is -0.724. The average Bonchev–Trinajstić information content (AvgIpc) is 3.41. The van der Waals surface area contributed by atoms with E-state index in [-0.39, 0.29) is 48.3 Å². The molecule has 0 spiro atoms. The molecule has 2 aliphatic rings. The van der Waals surface area contributed by atoms with E-state index in [1.807, 2.05) is 43.4 Å². The minimum absolute atomic E-state index is 0.0671. The van der Waals surface area contributed by atoms with Gasteiger partial charge in [-0.3, -0.25) is 33.6 Å². The number of aromatic nitrogens is 5. The molecule has 2 saturated heterocycles. The molecule has 1 unspecified atom stereocenters. The maximum absolute atomic E-state index is 13.2. The molecule has 5 heterocycles. The van der Waals surface area contributed by atoms with Crippen LogP contribution >= 0.6 is 11.6 Å². The number of anilines is 4. The summed E-state index contributed by atoms with van der Waals surface area (Å²) in [5, 5.41) is 9.19. The molecule has 5 aromatic rings. The van der Waals surface area contributed by atoms with Crippen LogP contribution in [0.3, 0.4) is 0 Å². The molecule has 1 atom stereocenters. The van der Waals surface area contributed by atoms with Gasteiger partial charge in [0, 0.05) is 71.0 Å². The van der Waals surface area contributed by atoms with Crippen LogP contribution in [0.1, 0.15) is 31.7 Å². The third kappa shape index (κ3) is 7.08. The van der Waals surface area contributed by atoms with E-state index in [1.54, 1.807) is 30.9 Å². The number of imidazole rings is 1. The van der Waals surface area contributed by atoms with Gasteiger partial charge in [-0.2, -0.15) is 4.98 Å². The van der Waals surface area contributed by atoms with E-state index in [9.17, 15) is 24.0 Å². The predicted octanol–water partition coefficient (Wildman–Crippen LogP) is 2.83. The van der Waals surface area contributed by atoms with Gasteiger partial charge < -0.3 is 29.7 Å². The second-order valence-corrected chi connectivity index (χ2v) is 14.2. The SMILES string of the molecule is CNC(=O)COc1cc2cc(Nc3nc(N4CCC(CN(C)c5ccc6c(c5)n(C)c(=O)n6C5CCC(=O)NC5=O)CC4)ncc3Cl)ccc2n(C)c1=O. The van der Waals surface area contributed by atoms with Crippen molar-refractivity contribution in [1.82, 2.24) is 34.3 Å². The number of carbonyl (C=O) groups is 3. The van der Waals surface area contributed by atoms with Gasteiger partial charge in [-0.1, -0.05) is 11.6 Å². The average molecular weight is 757 g/mol. The van der Waals surface area contributed by atoms with Crippen molar-refractivity contribution in [2.75, 3.05) is 55.5 Å². The Morgan fingerprint density at radius 3 is 2.50 bits per heavy atom. The van der Waals surface area contributed by atoms with E-state index < -0.39 is 11.9 Å². The predicted molar refractivity (Wildman–Crippen MR) is 206 cm³/mol. The second kappa shape index (κ2) is 14.9. The molecule has 282 valence electrons. The van der Waals surface area contributed by atoms with Gasteiger partial charge in [-0.25, -0.2) is 9.78 Å². The molecular formula is C37H41ClN10O6. The first-order valence-electron chi connectivity index (χ1n) is 17.7. The van der Waals surface area contributed by atoms with Gasteiger partial charge in [0.15, 0.2) is 18.2 Å². The summed E-state index contributed by atoms with van der Waals surface area (Å²) >= 11 is 6.54. The van der Waals surface area contributed by atoms with Crippen LogP contribution in [0, 0.1) is 5.92 Å². The number of amides is 3. The standard InChI is InChI=1S/C37H41ClN10O6/c1-39-32(50)20-54-30-16-22-15-23(5-7-26(22)45(3)35(30)52)41-33-25(38)18-40-36(43-33)47-13-11-21(12-14-47)19-44(2)24-6-8-27-29(17-24)46(4)37(53)48(27)28-9-10-31(49)42-34(28)51/h5-8,15-18,21,28H,9-14,19-20H2,1-4H3,(H,39,50)(H,40,41,43)(H,42,49,51). The zero-order valence-electron chi connectivity index (χ0n) is 30.4. The van der Waals surface area contributed by atoms with Gasteiger partial charge >= 0.3 is 5.69 Å². The first kappa shape index (κ1) is 36.5. The Balaban J connectivity index is 1.00. The summed E-state index contributed by atoms with van der Waals surface area (Å²) in [6, 6.07) is 12.2. The molecule has 3 amide bonds. The molecule has 0 bridgehead atoms. The van der Waals surface area contributed by atoms with E-state index in [4.69, 9.17) is 21.3 Å². The number of nitrogens with zero attached hydrogens (tertiary/aromatic N) is 7. The lowest BCUT2D eigenvalue weighted by Gasteiger charge is -2.34. The number of piperidine rings is 2. The monoisotopic (exact) mass is 756 g/mol. The smallest absolute Gasteiger partial charge is 0.329 e. The Bertz CT molecular complexity index is 2410. The Labute approximate surface area is 314 Å². The number of rotatable bonds is 10. The number of pyridine rings is 1. The third-order valence-electron chi connectivity index (χ3n) is 10.3. The van der Waals surface area contributed by atoms with Gasteiger partial charge in [-0.15, -0.1) is 0 Å². The van der Waals surface area contributed by atoms with E-state index in [0.717, 1.165) is 49.1 Å². The van der Waals surface area contributed by atoms with Crippen molar-refractivity contribution in [2.24, 2.45) is 20.0 Å². The van der Waals surface area contributed by atoms with Crippen LogP contribution in [-0.2, 0) is 28.5 Å². The van der Waals surface area contributed by atoms with Gasteiger partial charge in [-0.05, 0) is 67.6 Å². The van der Waals surface area contributed by atoms with Crippen LogP contribution < -0.4 is 41.7 Å². The Kier molecular flexibility index (Phi) is 10.0. The fraction of sp³-hybridized carbons (Fsp3) is 0.378. The summed E-state index contributed by atoms with van der Waals surface area (Å²) in [6.45, 7) is 2.05. The zero-order valence-corrected chi connectivity index (χ0v) is 31.1. The lowest BCUT2D eigenvalue weighted by molar-refractivity contribution is -0.135.